The molecule has 2 aliphatic rings. The monoisotopic (exact) mass is 441 g/mol. The molecule has 0 bridgehead atoms. The van der Waals surface area contributed by atoms with Crippen LogP contribution in [-0.4, -0.2) is 67.8 Å². The van der Waals surface area contributed by atoms with E-state index in [0.29, 0.717) is 42.9 Å². The molecule has 2 unspecified atom stereocenters. The van der Waals surface area contributed by atoms with Crippen molar-refractivity contribution in [2.75, 3.05) is 26.2 Å². The maximum Gasteiger partial charge on any atom is 0.264 e. The van der Waals surface area contributed by atoms with Crippen LogP contribution in [0.15, 0.2) is 52.2 Å². The fourth-order valence-electron chi connectivity index (χ4n) is 4.06. The number of benzene rings is 1. The van der Waals surface area contributed by atoms with Gasteiger partial charge in [0.2, 0.25) is 11.7 Å². The molecule has 2 atom stereocenters. The highest BCUT2D eigenvalue weighted by atomic mass is 32.2. The SMILES string of the molecule is CC(=O)N1CCN(C(c2ccc(F)cc2)C2Sc3nc(-c4ccco4)nn3C2=O)CC1. The van der Waals surface area contributed by atoms with E-state index in [9.17, 15) is 14.0 Å². The minimum atomic E-state index is -0.477. The van der Waals surface area contributed by atoms with E-state index in [-0.39, 0.29) is 23.7 Å². The van der Waals surface area contributed by atoms with Crippen LogP contribution in [0.5, 0.6) is 0 Å². The molecule has 2 aromatic heterocycles. The molecule has 1 fully saturated rings. The van der Waals surface area contributed by atoms with Gasteiger partial charge in [0.15, 0.2) is 10.9 Å². The molecule has 3 aromatic rings. The number of nitrogens with zero attached hydrogens (tertiary/aromatic N) is 5. The van der Waals surface area contributed by atoms with Crippen molar-refractivity contribution < 1.29 is 18.4 Å². The first-order valence-corrected chi connectivity index (χ1v) is 10.9. The van der Waals surface area contributed by atoms with Crippen LogP contribution >= 0.6 is 11.8 Å². The maximum atomic E-state index is 13.6. The third-order valence-electron chi connectivity index (χ3n) is 5.65. The van der Waals surface area contributed by atoms with Gasteiger partial charge in [-0.2, -0.15) is 9.67 Å². The molecule has 5 rings (SSSR count). The standard InChI is InChI=1S/C21H20FN5O3S/c1-13(28)25-8-10-26(11-9-25)17(14-4-6-15(22)7-5-14)18-20(29)27-21(31-18)23-19(24-27)16-3-2-12-30-16/h2-7,12,17-18H,8-11H2,1H3. The largest absolute Gasteiger partial charge is 0.461 e. The molecule has 0 saturated carbocycles. The number of carbonyl (C=O) groups is 2. The average Bonchev–Trinajstić information content (AvgIpc) is 3.49. The van der Waals surface area contributed by atoms with Crippen molar-refractivity contribution in [3.63, 3.8) is 0 Å². The number of hydrogen-bond donors (Lipinski definition) is 0. The summed E-state index contributed by atoms with van der Waals surface area (Å²) in [4.78, 5) is 33.5. The summed E-state index contributed by atoms with van der Waals surface area (Å²) >= 11 is 1.35. The van der Waals surface area contributed by atoms with Crippen LogP contribution in [0.25, 0.3) is 11.6 Å². The molecule has 0 radical (unpaired) electrons. The molecule has 31 heavy (non-hydrogen) atoms. The lowest BCUT2D eigenvalue weighted by molar-refractivity contribution is -0.130. The van der Waals surface area contributed by atoms with Gasteiger partial charge >= 0.3 is 0 Å². The molecule has 2 aliphatic heterocycles. The van der Waals surface area contributed by atoms with Gasteiger partial charge in [-0.3, -0.25) is 14.5 Å². The Morgan fingerprint density at radius 1 is 1.19 bits per heavy atom. The Hall–Kier alpha value is -2.98. The lowest BCUT2D eigenvalue weighted by Gasteiger charge is -2.40. The predicted octanol–water partition coefficient (Wildman–Crippen LogP) is 2.70. The van der Waals surface area contributed by atoms with Gasteiger partial charge in [0.05, 0.1) is 12.3 Å². The van der Waals surface area contributed by atoms with Crippen LogP contribution < -0.4 is 0 Å². The highest BCUT2D eigenvalue weighted by Gasteiger charge is 2.44. The summed E-state index contributed by atoms with van der Waals surface area (Å²) in [5, 5.41) is 4.38. The van der Waals surface area contributed by atoms with Gasteiger partial charge in [0, 0.05) is 33.1 Å². The molecule has 0 aliphatic carbocycles. The van der Waals surface area contributed by atoms with E-state index in [1.165, 1.54) is 34.8 Å². The Bertz CT molecular complexity index is 1110. The van der Waals surface area contributed by atoms with Gasteiger partial charge in [-0.1, -0.05) is 23.9 Å². The number of aromatic nitrogens is 3. The van der Waals surface area contributed by atoms with Crippen LogP contribution in [0.3, 0.4) is 0 Å². The van der Waals surface area contributed by atoms with Crippen LogP contribution in [0.1, 0.15) is 23.3 Å². The van der Waals surface area contributed by atoms with Gasteiger partial charge in [0.25, 0.3) is 5.91 Å². The summed E-state index contributed by atoms with van der Waals surface area (Å²) in [5.41, 5.74) is 0.848. The highest BCUT2D eigenvalue weighted by Crippen LogP contribution is 2.42. The van der Waals surface area contributed by atoms with E-state index in [2.05, 4.69) is 15.0 Å². The maximum absolute atomic E-state index is 13.6. The second-order valence-electron chi connectivity index (χ2n) is 7.52. The number of halogens is 1. The van der Waals surface area contributed by atoms with Crippen molar-refractivity contribution in [2.45, 2.75) is 23.4 Å². The zero-order valence-corrected chi connectivity index (χ0v) is 17.6. The molecular weight excluding hydrogens is 421 g/mol. The molecule has 8 nitrogen and oxygen atoms in total. The van der Waals surface area contributed by atoms with Gasteiger partial charge < -0.3 is 9.32 Å². The smallest absolute Gasteiger partial charge is 0.264 e. The molecule has 4 heterocycles. The molecule has 160 valence electrons. The Morgan fingerprint density at radius 2 is 1.94 bits per heavy atom. The summed E-state index contributed by atoms with van der Waals surface area (Å²) in [5.74, 6) is 0.412. The van der Waals surface area contributed by atoms with E-state index in [0.717, 1.165) is 5.56 Å². The van der Waals surface area contributed by atoms with Crippen molar-refractivity contribution in [1.29, 1.82) is 0 Å². The summed E-state index contributed by atoms with van der Waals surface area (Å²) < 4.78 is 20.2. The number of fused-ring (bicyclic) bond motifs is 1. The van der Waals surface area contributed by atoms with Crippen LogP contribution in [0, 0.1) is 5.82 Å². The summed E-state index contributed by atoms with van der Waals surface area (Å²) in [6.07, 6.45) is 1.53. The Morgan fingerprint density at radius 3 is 2.55 bits per heavy atom. The number of furan rings is 1. The van der Waals surface area contributed by atoms with Crippen LogP contribution in [0.2, 0.25) is 0 Å². The fourth-order valence-corrected chi connectivity index (χ4v) is 5.32. The lowest BCUT2D eigenvalue weighted by atomic mass is 10.00. The molecule has 1 saturated heterocycles. The quantitative estimate of drug-likeness (QED) is 0.615. The molecule has 1 aromatic carbocycles. The van der Waals surface area contributed by atoms with Crippen molar-refractivity contribution in [1.82, 2.24) is 24.6 Å². The first kappa shape index (κ1) is 20.0. The van der Waals surface area contributed by atoms with E-state index >= 15 is 0 Å². The number of rotatable bonds is 4. The fraction of sp³-hybridized carbons (Fsp3) is 0.333. The summed E-state index contributed by atoms with van der Waals surface area (Å²) in [6.45, 7) is 3.98. The van der Waals surface area contributed by atoms with Gasteiger partial charge in [-0.05, 0) is 29.8 Å². The first-order chi connectivity index (χ1) is 15.0. The third-order valence-corrected chi connectivity index (χ3v) is 6.84. The van der Waals surface area contributed by atoms with Crippen molar-refractivity contribution >= 4 is 23.6 Å². The first-order valence-electron chi connectivity index (χ1n) is 9.98. The Labute approximate surface area is 182 Å². The topological polar surface area (TPSA) is 84.5 Å². The van der Waals surface area contributed by atoms with E-state index in [1.54, 1.807) is 36.1 Å². The Kier molecular flexibility index (Phi) is 5.11. The minimum Gasteiger partial charge on any atom is -0.461 e. The van der Waals surface area contributed by atoms with Crippen molar-refractivity contribution in [3.8, 4) is 11.6 Å². The summed E-state index contributed by atoms with van der Waals surface area (Å²) in [7, 11) is 0. The number of piperazine rings is 1. The number of hydrogen-bond acceptors (Lipinski definition) is 7. The minimum absolute atomic E-state index is 0.0408. The van der Waals surface area contributed by atoms with Gasteiger partial charge in [0.1, 0.15) is 11.1 Å². The van der Waals surface area contributed by atoms with Gasteiger partial charge in [-0.15, -0.1) is 5.10 Å². The second kappa shape index (κ2) is 7.93. The number of amides is 1. The number of carbonyl (C=O) groups excluding carboxylic acids is 2. The molecule has 0 N–H and O–H groups in total. The molecule has 1 amide bonds. The lowest BCUT2D eigenvalue weighted by Crippen LogP contribution is -2.51. The van der Waals surface area contributed by atoms with E-state index in [4.69, 9.17) is 4.42 Å². The summed E-state index contributed by atoms with van der Waals surface area (Å²) in [6, 6.07) is 9.44. The zero-order valence-electron chi connectivity index (χ0n) is 16.8. The average molecular weight is 441 g/mol. The number of thioether (sulfide) groups is 1. The van der Waals surface area contributed by atoms with Crippen LogP contribution in [-0.2, 0) is 4.79 Å². The van der Waals surface area contributed by atoms with Crippen molar-refractivity contribution in [2.24, 2.45) is 0 Å². The van der Waals surface area contributed by atoms with Crippen molar-refractivity contribution in [3.05, 3.63) is 54.0 Å². The Balaban J connectivity index is 1.44. The molecule has 0 spiro atoms. The second-order valence-corrected chi connectivity index (χ2v) is 8.63. The predicted molar refractivity (Wildman–Crippen MR) is 111 cm³/mol. The normalized spacial score (nSPS) is 20.1. The molecule has 10 heteroatoms. The zero-order chi connectivity index (χ0) is 21.5. The van der Waals surface area contributed by atoms with Crippen LogP contribution in [0.4, 0.5) is 4.39 Å². The highest BCUT2D eigenvalue weighted by molar-refractivity contribution is 8.00. The third kappa shape index (κ3) is 3.66. The van der Waals surface area contributed by atoms with Gasteiger partial charge in [-0.25, -0.2) is 4.39 Å². The van der Waals surface area contributed by atoms with E-state index in [1.807, 2.05) is 0 Å². The molecular formula is C21H20FN5O3S. The van der Waals surface area contributed by atoms with E-state index < -0.39 is 5.25 Å².